The smallest absolute Gasteiger partial charge is 0.265 e. The van der Waals surface area contributed by atoms with Crippen molar-refractivity contribution in [3.05, 3.63) is 59.7 Å². The number of hydrogen-bond donors (Lipinski definition) is 1. The maximum absolute atomic E-state index is 13.1. The number of aryl methyl sites for hydroxylation is 1. The lowest BCUT2D eigenvalue weighted by atomic mass is 10.2. The fraction of sp³-hybridized carbons (Fsp3) is 0.188. The Kier molecular flexibility index (Phi) is 4.52. The summed E-state index contributed by atoms with van der Waals surface area (Å²) < 4.78 is 31.3. The van der Waals surface area contributed by atoms with Crippen LogP contribution >= 0.6 is 0 Å². The average molecular weight is 291 g/mol. The van der Waals surface area contributed by atoms with E-state index in [0.29, 0.717) is 5.75 Å². The molecule has 0 aromatic heterocycles. The van der Waals surface area contributed by atoms with Crippen molar-refractivity contribution in [1.82, 2.24) is 0 Å². The van der Waals surface area contributed by atoms with Gasteiger partial charge in [-0.2, -0.15) is 0 Å². The van der Waals surface area contributed by atoms with Crippen LogP contribution in [0.25, 0.3) is 0 Å². The first-order valence-electron chi connectivity index (χ1n) is 6.45. The lowest BCUT2D eigenvalue weighted by Crippen LogP contribution is -2.30. The number of ether oxygens (including phenoxy) is 1. The molecule has 0 aliphatic carbocycles. The summed E-state index contributed by atoms with van der Waals surface area (Å²) in [6.45, 7) is 3.53. The van der Waals surface area contributed by atoms with Gasteiger partial charge in [0, 0.05) is 11.8 Å². The molecule has 0 radical (unpaired) electrons. The minimum atomic E-state index is -1.01. The molecular formula is C16H15F2NO2. The molecule has 0 unspecified atom stereocenters. The van der Waals surface area contributed by atoms with Gasteiger partial charge in [0.05, 0.1) is 0 Å². The van der Waals surface area contributed by atoms with E-state index < -0.39 is 23.6 Å². The van der Waals surface area contributed by atoms with Crippen LogP contribution in [0.4, 0.5) is 14.5 Å². The molecule has 0 bridgehead atoms. The number of amides is 1. The molecule has 1 amide bonds. The second-order valence-corrected chi connectivity index (χ2v) is 4.69. The molecular weight excluding hydrogens is 276 g/mol. The third kappa shape index (κ3) is 4.02. The average Bonchev–Trinajstić information content (AvgIpc) is 2.45. The van der Waals surface area contributed by atoms with Crippen molar-refractivity contribution in [1.29, 1.82) is 0 Å². The number of carbonyl (C=O) groups excluding carboxylic acids is 1. The third-order valence-corrected chi connectivity index (χ3v) is 2.89. The van der Waals surface area contributed by atoms with Gasteiger partial charge in [0.15, 0.2) is 17.7 Å². The number of carbonyl (C=O) groups is 1. The summed E-state index contributed by atoms with van der Waals surface area (Å²) in [7, 11) is 0. The van der Waals surface area contributed by atoms with Crippen LogP contribution in [0.2, 0.25) is 0 Å². The van der Waals surface area contributed by atoms with E-state index >= 15 is 0 Å². The Labute approximate surface area is 121 Å². The molecule has 1 atom stereocenters. The minimum absolute atomic E-state index is 0.179. The van der Waals surface area contributed by atoms with E-state index in [-0.39, 0.29) is 5.69 Å². The molecule has 110 valence electrons. The molecule has 2 aromatic rings. The predicted molar refractivity (Wildman–Crippen MR) is 76.3 cm³/mol. The fourth-order valence-electron chi connectivity index (χ4n) is 1.69. The third-order valence-electron chi connectivity index (χ3n) is 2.89. The maximum atomic E-state index is 13.1. The SMILES string of the molecule is Cc1ccc(O[C@H](C)C(=O)Nc2ccc(F)c(F)c2)cc1. The number of anilines is 1. The second kappa shape index (κ2) is 6.35. The first-order chi connectivity index (χ1) is 9.95. The Balaban J connectivity index is 1.98. The van der Waals surface area contributed by atoms with Crippen molar-refractivity contribution in [2.45, 2.75) is 20.0 Å². The van der Waals surface area contributed by atoms with Crippen LogP contribution in [0.1, 0.15) is 12.5 Å². The van der Waals surface area contributed by atoms with Gasteiger partial charge in [-0.3, -0.25) is 4.79 Å². The monoisotopic (exact) mass is 291 g/mol. The van der Waals surface area contributed by atoms with Gasteiger partial charge in [0.2, 0.25) is 0 Å². The summed E-state index contributed by atoms with van der Waals surface area (Å²) in [5, 5.41) is 2.47. The second-order valence-electron chi connectivity index (χ2n) is 4.69. The molecule has 2 rings (SSSR count). The van der Waals surface area contributed by atoms with Crippen LogP contribution in [-0.4, -0.2) is 12.0 Å². The van der Waals surface area contributed by atoms with Crippen LogP contribution in [-0.2, 0) is 4.79 Å². The van der Waals surface area contributed by atoms with E-state index in [0.717, 1.165) is 17.7 Å². The maximum Gasteiger partial charge on any atom is 0.265 e. The van der Waals surface area contributed by atoms with Crippen molar-refractivity contribution in [2.24, 2.45) is 0 Å². The highest BCUT2D eigenvalue weighted by atomic mass is 19.2. The summed E-state index contributed by atoms with van der Waals surface area (Å²) in [6, 6.07) is 10.4. The normalized spacial score (nSPS) is 11.8. The molecule has 3 nitrogen and oxygen atoms in total. The Bertz CT molecular complexity index is 641. The van der Waals surface area contributed by atoms with Crippen LogP contribution in [0.3, 0.4) is 0 Å². The quantitative estimate of drug-likeness (QED) is 0.933. The minimum Gasteiger partial charge on any atom is -0.481 e. The van der Waals surface area contributed by atoms with Crippen LogP contribution < -0.4 is 10.1 Å². The molecule has 0 aliphatic heterocycles. The van der Waals surface area contributed by atoms with Crippen molar-refractivity contribution in [3.63, 3.8) is 0 Å². The van der Waals surface area contributed by atoms with Crippen LogP contribution in [0.15, 0.2) is 42.5 Å². The van der Waals surface area contributed by atoms with E-state index in [1.165, 1.54) is 6.07 Å². The summed E-state index contributed by atoms with van der Waals surface area (Å²) in [4.78, 5) is 11.9. The molecule has 0 saturated heterocycles. The van der Waals surface area contributed by atoms with E-state index in [2.05, 4.69) is 5.32 Å². The predicted octanol–water partition coefficient (Wildman–Crippen LogP) is 3.68. The van der Waals surface area contributed by atoms with Gasteiger partial charge in [0.1, 0.15) is 5.75 Å². The molecule has 5 heteroatoms. The van der Waals surface area contributed by atoms with E-state index in [4.69, 9.17) is 4.74 Å². The summed E-state index contributed by atoms with van der Waals surface area (Å²) in [5.74, 6) is -1.85. The van der Waals surface area contributed by atoms with Gasteiger partial charge in [-0.25, -0.2) is 8.78 Å². The molecule has 0 fully saturated rings. The topological polar surface area (TPSA) is 38.3 Å². The molecule has 1 N–H and O–H groups in total. The van der Waals surface area contributed by atoms with Crippen molar-refractivity contribution >= 4 is 11.6 Å². The first-order valence-corrected chi connectivity index (χ1v) is 6.45. The summed E-state index contributed by atoms with van der Waals surface area (Å²) in [5.41, 5.74) is 1.26. The highest BCUT2D eigenvalue weighted by Crippen LogP contribution is 2.16. The molecule has 0 spiro atoms. The molecule has 0 saturated carbocycles. The van der Waals surface area contributed by atoms with Gasteiger partial charge in [-0.15, -0.1) is 0 Å². The number of benzene rings is 2. The van der Waals surface area contributed by atoms with Crippen molar-refractivity contribution in [3.8, 4) is 5.75 Å². The highest BCUT2D eigenvalue weighted by molar-refractivity contribution is 5.94. The zero-order valence-electron chi connectivity index (χ0n) is 11.7. The van der Waals surface area contributed by atoms with Crippen LogP contribution in [0, 0.1) is 18.6 Å². The van der Waals surface area contributed by atoms with Gasteiger partial charge in [0.25, 0.3) is 5.91 Å². The molecule has 0 aliphatic rings. The van der Waals surface area contributed by atoms with Crippen molar-refractivity contribution in [2.75, 3.05) is 5.32 Å². The lowest BCUT2D eigenvalue weighted by Gasteiger charge is -2.15. The fourth-order valence-corrected chi connectivity index (χ4v) is 1.69. The van der Waals surface area contributed by atoms with E-state index in [1.54, 1.807) is 19.1 Å². The number of halogens is 2. The molecule has 0 heterocycles. The van der Waals surface area contributed by atoms with Crippen LogP contribution in [0.5, 0.6) is 5.75 Å². The standard InChI is InChI=1S/C16H15F2NO2/c1-10-3-6-13(7-4-10)21-11(2)16(20)19-12-5-8-14(17)15(18)9-12/h3-9,11H,1-2H3,(H,19,20)/t11-/m1/s1. The van der Waals surface area contributed by atoms with Gasteiger partial charge in [-0.05, 0) is 38.1 Å². The zero-order chi connectivity index (χ0) is 15.4. The number of nitrogens with one attached hydrogen (secondary N) is 1. The van der Waals surface area contributed by atoms with Gasteiger partial charge in [-0.1, -0.05) is 17.7 Å². The van der Waals surface area contributed by atoms with E-state index in [1.807, 2.05) is 19.1 Å². The first kappa shape index (κ1) is 15.0. The lowest BCUT2D eigenvalue weighted by molar-refractivity contribution is -0.122. The van der Waals surface area contributed by atoms with Gasteiger partial charge < -0.3 is 10.1 Å². The Morgan fingerprint density at radius 2 is 1.76 bits per heavy atom. The summed E-state index contributed by atoms with van der Waals surface area (Å²) in [6.07, 6.45) is -0.763. The number of hydrogen-bond acceptors (Lipinski definition) is 2. The highest BCUT2D eigenvalue weighted by Gasteiger charge is 2.15. The van der Waals surface area contributed by atoms with Crippen molar-refractivity contribution < 1.29 is 18.3 Å². The largest absolute Gasteiger partial charge is 0.481 e. The Morgan fingerprint density at radius 1 is 1.10 bits per heavy atom. The van der Waals surface area contributed by atoms with E-state index in [9.17, 15) is 13.6 Å². The number of rotatable bonds is 4. The Morgan fingerprint density at radius 3 is 2.38 bits per heavy atom. The molecule has 2 aromatic carbocycles. The molecule has 21 heavy (non-hydrogen) atoms. The Hall–Kier alpha value is -2.43. The zero-order valence-corrected chi connectivity index (χ0v) is 11.7. The summed E-state index contributed by atoms with van der Waals surface area (Å²) >= 11 is 0. The van der Waals surface area contributed by atoms with Gasteiger partial charge >= 0.3 is 0 Å².